The molecular formula is C19H26N4O4S2. The molecule has 2 N–H and O–H groups in total. The molecule has 0 saturated heterocycles. The van der Waals surface area contributed by atoms with E-state index in [4.69, 9.17) is 4.74 Å². The lowest BCUT2D eigenvalue weighted by atomic mass is 10.1. The summed E-state index contributed by atoms with van der Waals surface area (Å²) in [4.78, 5) is 44.2. The van der Waals surface area contributed by atoms with Crippen LogP contribution in [0.1, 0.15) is 37.9 Å². The van der Waals surface area contributed by atoms with Gasteiger partial charge >= 0.3 is 5.97 Å². The summed E-state index contributed by atoms with van der Waals surface area (Å²) in [6.07, 6.45) is 1.02. The summed E-state index contributed by atoms with van der Waals surface area (Å²) in [6.45, 7) is 9.54. The predicted molar refractivity (Wildman–Crippen MR) is 115 cm³/mol. The Balaban J connectivity index is 1.83. The van der Waals surface area contributed by atoms with Crippen molar-refractivity contribution in [1.82, 2.24) is 15.6 Å². The van der Waals surface area contributed by atoms with E-state index in [0.717, 1.165) is 21.5 Å². The van der Waals surface area contributed by atoms with Crippen molar-refractivity contribution in [2.24, 2.45) is 10.9 Å². The first kappa shape index (κ1) is 23.1. The SMILES string of the molecule is C=CC(CC(=O)NCc1nc(C2=NC(C)CS2)cs1)OC(=O)C(NC=O)C(C)C. The van der Waals surface area contributed by atoms with Crippen LogP contribution in [0.5, 0.6) is 0 Å². The fourth-order valence-corrected chi connectivity index (χ4v) is 4.31. The van der Waals surface area contributed by atoms with Gasteiger partial charge in [-0.2, -0.15) is 0 Å². The molecule has 3 unspecified atom stereocenters. The van der Waals surface area contributed by atoms with Gasteiger partial charge in [-0.3, -0.25) is 14.6 Å². The number of rotatable bonds is 11. The Morgan fingerprint density at radius 3 is 2.79 bits per heavy atom. The molecule has 2 rings (SSSR count). The van der Waals surface area contributed by atoms with Crippen LogP contribution in [-0.4, -0.2) is 52.3 Å². The van der Waals surface area contributed by atoms with E-state index in [1.54, 1.807) is 25.6 Å². The van der Waals surface area contributed by atoms with Crippen molar-refractivity contribution in [2.75, 3.05) is 5.75 Å². The molecule has 1 aromatic rings. The van der Waals surface area contributed by atoms with Gasteiger partial charge in [-0.05, 0) is 12.8 Å². The maximum absolute atomic E-state index is 12.2. The molecule has 2 amide bonds. The Bertz CT molecular complexity index is 778. The van der Waals surface area contributed by atoms with Crippen molar-refractivity contribution in [3.63, 3.8) is 0 Å². The van der Waals surface area contributed by atoms with Gasteiger partial charge in [0.2, 0.25) is 12.3 Å². The molecule has 0 saturated carbocycles. The Morgan fingerprint density at radius 1 is 1.45 bits per heavy atom. The van der Waals surface area contributed by atoms with Crippen molar-refractivity contribution in [3.8, 4) is 0 Å². The largest absolute Gasteiger partial charge is 0.456 e. The number of carbonyl (C=O) groups is 3. The second-order valence-electron chi connectivity index (χ2n) is 6.92. The molecule has 1 aliphatic rings. The minimum Gasteiger partial charge on any atom is -0.456 e. The van der Waals surface area contributed by atoms with Crippen LogP contribution in [0.3, 0.4) is 0 Å². The van der Waals surface area contributed by atoms with Gasteiger partial charge in [0.25, 0.3) is 0 Å². The number of hydrogen-bond donors (Lipinski definition) is 2. The van der Waals surface area contributed by atoms with Crippen molar-refractivity contribution in [2.45, 2.75) is 51.9 Å². The highest BCUT2D eigenvalue weighted by molar-refractivity contribution is 8.14. The Morgan fingerprint density at radius 2 is 2.21 bits per heavy atom. The zero-order valence-electron chi connectivity index (χ0n) is 16.7. The number of thioether (sulfide) groups is 1. The van der Waals surface area contributed by atoms with Gasteiger partial charge in [0.05, 0.1) is 19.0 Å². The average Bonchev–Trinajstić information content (AvgIpc) is 3.32. The first-order valence-electron chi connectivity index (χ1n) is 9.28. The van der Waals surface area contributed by atoms with E-state index >= 15 is 0 Å². The lowest BCUT2D eigenvalue weighted by molar-refractivity contribution is -0.152. The normalized spacial score (nSPS) is 17.9. The van der Waals surface area contributed by atoms with E-state index in [2.05, 4.69) is 34.1 Å². The summed E-state index contributed by atoms with van der Waals surface area (Å²) in [5, 5.41) is 8.86. The molecule has 158 valence electrons. The van der Waals surface area contributed by atoms with Crippen molar-refractivity contribution in [1.29, 1.82) is 0 Å². The quantitative estimate of drug-likeness (QED) is 0.310. The first-order chi connectivity index (χ1) is 13.8. The van der Waals surface area contributed by atoms with Gasteiger partial charge in [-0.1, -0.05) is 26.5 Å². The van der Waals surface area contributed by atoms with E-state index in [-0.39, 0.29) is 24.8 Å². The van der Waals surface area contributed by atoms with Gasteiger partial charge in [0.1, 0.15) is 27.9 Å². The third-order valence-corrected chi connectivity index (χ3v) is 6.18. The predicted octanol–water partition coefficient (Wildman–Crippen LogP) is 1.90. The third-order valence-electron chi connectivity index (χ3n) is 4.09. The summed E-state index contributed by atoms with van der Waals surface area (Å²) in [6, 6.07) is -0.471. The molecule has 8 nitrogen and oxygen atoms in total. The van der Waals surface area contributed by atoms with E-state index in [9.17, 15) is 14.4 Å². The first-order valence-corrected chi connectivity index (χ1v) is 11.1. The molecule has 0 bridgehead atoms. The number of nitrogens with one attached hydrogen (secondary N) is 2. The number of hydrogen-bond acceptors (Lipinski definition) is 8. The van der Waals surface area contributed by atoms with Gasteiger partial charge in [-0.15, -0.1) is 23.1 Å². The number of esters is 1. The van der Waals surface area contributed by atoms with Crippen molar-refractivity contribution in [3.05, 3.63) is 28.7 Å². The molecule has 0 spiro atoms. The number of aromatic nitrogens is 1. The molecule has 0 fully saturated rings. The van der Waals surface area contributed by atoms with Crippen LogP contribution in [-0.2, 0) is 25.7 Å². The Hall–Kier alpha value is -2.20. The topological polar surface area (TPSA) is 110 Å². The van der Waals surface area contributed by atoms with Crippen LogP contribution in [0.4, 0.5) is 0 Å². The molecular weight excluding hydrogens is 412 g/mol. The minimum atomic E-state index is -0.783. The minimum absolute atomic E-state index is 0.0561. The molecule has 1 aromatic heterocycles. The molecule has 0 aliphatic carbocycles. The summed E-state index contributed by atoms with van der Waals surface area (Å²) in [5.41, 5.74) is 0.842. The highest BCUT2D eigenvalue weighted by Crippen LogP contribution is 2.24. The number of ether oxygens (including phenoxy) is 1. The summed E-state index contributed by atoms with van der Waals surface area (Å²) in [7, 11) is 0. The van der Waals surface area contributed by atoms with Gasteiger partial charge in [0.15, 0.2) is 0 Å². The number of carbonyl (C=O) groups excluding carboxylic acids is 3. The second-order valence-corrected chi connectivity index (χ2v) is 8.87. The highest BCUT2D eigenvalue weighted by atomic mass is 32.2. The zero-order chi connectivity index (χ0) is 21.4. The molecule has 3 atom stereocenters. The van der Waals surface area contributed by atoms with E-state index in [1.807, 2.05) is 5.38 Å². The molecule has 1 aliphatic heterocycles. The summed E-state index contributed by atoms with van der Waals surface area (Å²) < 4.78 is 5.31. The van der Waals surface area contributed by atoms with Crippen molar-refractivity contribution >= 4 is 46.4 Å². The van der Waals surface area contributed by atoms with Crippen LogP contribution in [0.15, 0.2) is 23.0 Å². The van der Waals surface area contributed by atoms with E-state index in [1.165, 1.54) is 17.4 Å². The van der Waals surface area contributed by atoms with E-state index < -0.39 is 18.1 Å². The van der Waals surface area contributed by atoms with Gasteiger partial charge in [-0.25, -0.2) is 9.78 Å². The Kier molecular flexibility index (Phi) is 8.84. The maximum Gasteiger partial charge on any atom is 0.329 e. The van der Waals surface area contributed by atoms with Crippen LogP contribution in [0, 0.1) is 5.92 Å². The smallest absolute Gasteiger partial charge is 0.329 e. The third kappa shape index (κ3) is 6.97. The highest BCUT2D eigenvalue weighted by Gasteiger charge is 2.26. The molecule has 0 aromatic carbocycles. The molecule has 29 heavy (non-hydrogen) atoms. The second kappa shape index (κ2) is 11.1. The summed E-state index contributed by atoms with van der Waals surface area (Å²) >= 11 is 3.15. The number of nitrogens with zero attached hydrogens (tertiary/aromatic N) is 2. The lowest BCUT2D eigenvalue weighted by Crippen LogP contribution is -2.43. The molecule has 10 heteroatoms. The summed E-state index contributed by atoms with van der Waals surface area (Å²) in [5.74, 6) is -0.0686. The number of amides is 2. The lowest BCUT2D eigenvalue weighted by Gasteiger charge is -2.21. The molecule has 2 heterocycles. The van der Waals surface area contributed by atoms with Gasteiger partial charge in [0, 0.05) is 11.1 Å². The van der Waals surface area contributed by atoms with E-state index in [0.29, 0.717) is 12.5 Å². The monoisotopic (exact) mass is 438 g/mol. The van der Waals surface area contributed by atoms with Crippen LogP contribution >= 0.6 is 23.1 Å². The fourth-order valence-electron chi connectivity index (χ4n) is 2.54. The van der Waals surface area contributed by atoms with Crippen molar-refractivity contribution < 1.29 is 19.1 Å². The van der Waals surface area contributed by atoms with Crippen LogP contribution < -0.4 is 10.6 Å². The standard InChI is InChI=1S/C19H26N4O4S2/c1-5-13(27-19(26)17(11(2)3)21-10-24)6-15(25)20-7-16-23-14(9-28-16)18-22-12(4)8-29-18/h5,9-13,17H,1,6-8H2,2-4H3,(H,20,25)(H,21,24). The zero-order valence-corrected chi connectivity index (χ0v) is 18.3. The average molecular weight is 439 g/mol. The molecule has 0 radical (unpaired) electrons. The number of thiazole rings is 1. The van der Waals surface area contributed by atoms with Crippen LogP contribution in [0.2, 0.25) is 0 Å². The fraction of sp³-hybridized carbons (Fsp3) is 0.526. The van der Waals surface area contributed by atoms with Crippen LogP contribution in [0.25, 0.3) is 0 Å². The number of aliphatic imine (C=N–C) groups is 1. The van der Waals surface area contributed by atoms with Gasteiger partial charge < -0.3 is 15.4 Å². The maximum atomic E-state index is 12.2. The Labute approximate surface area is 178 Å².